The van der Waals surface area contributed by atoms with E-state index in [0.717, 1.165) is 30.4 Å². The van der Waals surface area contributed by atoms with Crippen LogP contribution in [-0.2, 0) is 19.6 Å². The van der Waals surface area contributed by atoms with Gasteiger partial charge in [-0.25, -0.2) is 13.2 Å². The summed E-state index contributed by atoms with van der Waals surface area (Å²) in [7, 11) is -1.98. The molecule has 0 spiro atoms. The quantitative estimate of drug-likeness (QED) is 0.675. The first-order chi connectivity index (χ1) is 12.7. The van der Waals surface area contributed by atoms with Gasteiger partial charge in [0, 0.05) is 19.7 Å². The average Bonchev–Trinajstić information content (AvgIpc) is 2.62. The molecular formula is C19H29NO6S. The number of carboxylic acids is 1. The van der Waals surface area contributed by atoms with Gasteiger partial charge in [0.15, 0.2) is 0 Å². The van der Waals surface area contributed by atoms with Gasteiger partial charge in [-0.05, 0) is 68.7 Å². The Hall–Kier alpha value is -1.64. The number of hydrogen-bond donors (Lipinski definition) is 1. The molecule has 0 aromatic heterocycles. The van der Waals surface area contributed by atoms with Crippen LogP contribution in [0.2, 0.25) is 0 Å². The maximum Gasteiger partial charge on any atom is 0.329 e. The van der Waals surface area contributed by atoms with Crippen LogP contribution in [0.15, 0.2) is 11.0 Å². The van der Waals surface area contributed by atoms with Crippen LogP contribution in [0, 0.1) is 26.7 Å². The van der Waals surface area contributed by atoms with Gasteiger partial charge in [0.1, 0.15) is 12.4 Å². The molecule has 7 nitrogen and oxygen atoms in total. The van der Waals surface area contributed by atoms with Crippen molar-refractivity contribution in [3.05, 3.63) is 22.8 Å². The van der Waals surface area contributed by atoms with Crippen LogP contribution in [-0.4, -0.2) is 57.2 Å². The Morgan fingerprint density at radius 3 is 2.41 bits per heavy atom. The molecule has 1 N–H and O–H groups in total. The second-order valence-corrected chi connectivity index (χ2v) is 8.93. The maximum atomic E-state index is 13.2. The third-order valence-electron chi connectivity index (χ3n) is 5.27. The molecule has 0 atom stereocenters. The zero-order valence-corrected chi connectivity index (χ0v) is 17.3. The highest BCUT2D eigenvalue weighted by atomic mass is 32.2. The summed E-state index contributed by atoms with van der Waals surface area (Å²) in [6.45, 7) is 6.53. The lowest BCUT2D eigenvalue weighted by molar-refractivity contribution is -0.142. The van der Waals surface area contributed by atoms with Gasteiger partial charge in [-0.2, -0.15) is 4.31 Å². The molecule has 0 aliphatic carbocycles. The molecule has 0 unspecified atom stereocenters. The van der Waals surface area contributed by atoms with Gasteiger partial charge < -0.3 is 14.6 Å². The summed E-state index contributed by atoms with van der Waals surface area (Å²) in [5, 5.41) is 8.57. The SMILES string of the molecule is COc1cc(C)c(S(=O)(=O)N2CCC(CCOCC(=O)O)CC2)c(C)c1C. The van der Waals surface area contributed by atoms with Crippen molar-refractivity contribution in [3.63, 3.8) is 0 Å². The van der Waals surface area contributed by atoms with Gasteiger partial charge in [-0.1, -0.05) is 0 Å². The number of aryl methyl sites for hydroxylation is 1. The summed E-state index contributed by atoms with van der Waals surface area (Å²) in [5.74, 6) is 0.0745. The van der Waals surface area contributed by atoms with E-state index in [4.69, 9.17) is 14.6 Å². The van der Waals surface area contributed by atoms with E-state index in [-0.39, 0.29) is 6.61 Å². The number of methoxy groups -OCH3 is 1. The van der Waals surface area contributed by atoms with Crippen molar-refractivity contribution in [1.82, 2.24) is 4.31 Å². The predicted octanol–water partition coefficient (Wildman–Crippen LogP) is 2.51. The minimum atomic E-state index is -3.56. The highest BCUT2D eigenvalue weighted by Gasteiger charge is 2.32. The van der Waals surface area contributed by atoms with Crippen LogP contribution in [0.4, 0.5) is 0 Å². The van der Waals surface area contributed by atoms with Crippen molar-refractivity contribution in [2.45, 2.75) is 44.9 Å². The zero-order chi connectivity index (χ0) is 20.2. The summed E-state index contributed by atoms with van der Waals surface area (Å²) in [5.41, 5.74) is 2.27. The molecule has 1 aliphatic rings. The highest BCUT2D eigenvalue weighted by Crippen LogP contribution is 2.34. The topological polar surface area (TPSA) is 93.1 Å². The molecule has 1 fully saturated rings. The van der Waals surface area contributed by atoms with Crippen molar-refractivity contribution < 1.29 is 27.8 Å². The molecule has 2 rings (SSSR count). The van der Waals surface area contributed by atoms with Crippen LogP contribution in [0.1, 0.15) is 36.0 Å². The Morgan fingerprint density at radius 2 is 1.85 bits per heavy atom. The van der Waals surface area contributed by atoms with Crippen LogP contribution < -0.4 is 4.74 Å². The molecular weight excluding hydrogens is 370 g/mol. The van der Waals surface area contributed by atoms with E-state index in [1.807, 2.05) is 13.8 Å². The largest absolute Gasteiger partial charge is 0.496 e. The number of carbonyl (C=O) groups is 1. The van der Waals surface area contributed by atoms with E-state index in [0.29, 0.717) is 41.8 Å². The van der Waals surface area contributed by atoms with E-state index >= 15 is 0 Å². The lowest BCUT2D eigenvalue weighted by Crippen LogP contribution is -2.39. The molecule has 0 saturated carbocycles. The molecule has 8 heteroatoms. The molecule has 152 valence electrons. The van der Waals surface area contributed by atoms with Gasteiger partial charge in [0.2, 0.25) is 10.0 Å². The minimum Gasteiger partial charge on any atom is -0.496 e. The monoisotopic (exact) mass is 399 g/mol. The molecule has 1 saturated heterocycles. The second-order valence-electron chi connectivity index (χ2n) is 7.06. The smallest absolute Gasteiger partial charge is 0.329 e. The molecule has 0 amide bonds. The van der Waals surface area contributed by atoms with Crippen molar-refractivity contribution in [2.75, 3.05) is 33.4 Å². The van der Waals surface area contributed by atoms with E-state index in [1.165, 1.54) is 0 Å². The molecule has 1 aliphatic heterocycles. The average molecular weight is 400 g/mol. The number of aliphatic carboxylic acids is 1. The molecule has 0 radical (unpaired) electrons. The fraction of sp³-hybridized carbons (Fsp3) is 0.632. The van der Waals surface area contributed by atoms with E-state index in [9.17, 15) is 13.2 Å². The number of hydrogen-bond acceptors (Lipinski definition) is 5. The van der Waals surface area contributed by atoms with Gasteiger partial charge in [-0.3, -0.25) is 0 Å². The predicted molar refractivity (Wildman–Crippen MR) is 102 cm³/mol. The number of carboxylic acid groups (broad SMARTS) is 1. The van der Waals surface area contributed by atoms with Crippen LogP contribution >= 0.6 is 0 Å². The summed E-state index contributed by atoms with van der Waals surface area (Å²) in [6, 6.07) is 1.78. The van der Waals surface area contributed by atoms with E-state index < -0.39 is 16.0 Å². The molecule has 1 heterocycles. The molecule has 1 aromatic carbocycles. The van der Waals surface area contributed by atoms with E-state index in [1.54, 1.807) is 24.4 Å². The van der Waals surface area contributed by atoms with Gasteiger partial charge in [0.05, 0.1) is 12.0 Å². The number of sulfonamides is 1. The van der Waals surface area contributed by atoms with Gasteiger partial charge in [0.25, 0.3) is 0 Å². The number of nitrogens with zero attached hydrogens (tertiary/aromatic N) is 1. The van der Waals surface area contributed by atoms with Crippen LogP contribution in [0.5, 0.6) is 5.75 Å². The summed E-state index contributed by atoms with van der Waals surface area (Å²) in [6.07, 6.45) is 2.26. The first-order valence-electron chi connectivity index (χ1n) is 9.13. The third-order valence-corrected chi connectivity index (χ3v) is 7.45. The van der Waals surface area contributed by atoms with Crippen molar-refractivity contribution >= 4 is 16.0 Å². The third kappa shape index (κ3) is 5.00. The summed E-state index contributed by atoms with van der Waals surface area (Å²) < 4.78 is 38.4. The van der Waals surface area contributed by atoms with Crippen molar-refractivity contribution in [3.8, 4) is 5.75 Å². The molecule has 27 heavy (non-hydrogen) atoms. The molecule has 1 aromatic rings. The second kappa shape index (κ2) is 9.03. The summed E-state index contributed by atoms with van der Waals surface area (Å²) >= 11 is 0. The normalized spacial score (nSPS) is 16.4. The van der Waals surface area contributed by atoms with Crippen molar-refractivity contribution in [1.29, 1.82) is 0 Å². The Labute approximate surface area is 161 Å². The van der Waals surface area contributed by atoms with Crippen molar-refractivity contribution in [2.24, 2.45) is 5.92 Å². The number of benzene rings is 1. The number of piperidine rings is 1. The summed E-state index contributed by atoms with van der Waals surface area (Å²) in [4.78, 5) is 10.8. The number of rotatable bonds is 8. The highest BCUT2D eigenvalue weighted by molar-refractivity contribution is 7.89. The minimum absolute atomic E-state index is 0.289. The first kappa shape index (κ1) is 21.7. The fourth-order valence-corrected chi connectivity index (χ4v) is 5.56. The standard InChI is InChI=1S/C19H29NO6S/c1-13-11-17(25-4)14(2)15(3)19(13)27(23,24)20-8-5-16(6-9-20)7-10-26-12-18(21)22/h11,16H,5-10,12H2,1-4H3,(H,21,22). The van der Waals surface area contributed by atoms with E-state index in [2.05, 4.69) is 0 Å². The van der Waals surface area contributed by atoms with Gasteiger partial charge >= 0.3 is 5.97 Å². The zero-order valence-electron chi connectivity index (χ0n) is 16.4. The first-order valence-corrected chi connectivity index (χ1v) is 10.6. The Bertz CT molecular complexity index is 782. The Morgan fingerprint density at radius 1 is 1.22 bits per heavy atom. The lowest BCUT2D eigenvalue weighted by Gasteiger charge is -2.32. The van der Waals surface area contributed by atoms with Gasteiger partial charge in [-0.15, -0.1) is 0 Å². The fourth-order valence-electron chi connectivity index (χ4n) is 3.61. The molecule has 0 bridgehead atoms. The number of ether oxygens (including phenoxy) is 2. The lowest BCUT2D eigenvalue weighted by atomic mass is 9.95. The van der Waals surface area contributed by atoms with Crippen LogP contribution in [0.25, 0.3) is 0 Å². The Kier molecular flexibility index (Phi) is 7.25. The Balaban J connectivity index is 2.05. The maximum absolute atomic E-state index is 13.2. The van der Waals surface area contributed by atoms with Crippen LogP contribution in [0.3, 0.4) is 0 Å².